The molecule has 2 atom stereocenters. The number of nitrogens with one attached hydrogen (secondary N) is 1. The SMILES string of the molecule is CC1CN(C)c2ccccc2CN1C(=O)C1CCNC1.Cl.Cl. The third-order valence-corrected chi connectivity index (χ3v) is 4.51. The monoisotopic (exact) mass is 345 g/mol. The molecule has 0 radical (unpaired) electrons. The average Bonchev–Trinajstić information content (AvgIpc) is 2.94. The summed E-state index contributed by atoms with van der Waals surface area (Å²) in [6, 6.07) is 8.66. The lowest BCUT2D eigenvalue weighted by molar-refractivity contribution is -0.137. The molecule has 3 rings (SSSR count). The van der Waals surface area contributed by atoms with Gasteiger partial charge in [-0.25, -0.2) is 0 Å². The second kappa shape index (κ2) is 8.04. The lowest BCUT2D eigenvalue weighted by Gasteiger charge is -2.30. The van der Waals surface area contributed by atoms with Crippen molar-refractivity contribution >= 4 is 36.4 Å². The first-order valence-corrected chi connectivity index (χ1v) is 7.47. The molecule has 6 heteroatoms. The van der Waals surface area contributed by atoms with Crippen molar-refractivity contribution in [2.24, 2.45) is 5.92 Å². The minimum Gasteiger partial charge on any atom is -0.372 e. The molecule has 0 aromatic heterocycles. The Hall–Kier alpha value is -0.970. The highest BCUT2D eigenvalue weighted by atomic mass is 35.5. The second-order valence-corrected chi connectivity index (χ2v) is 6.01. The van der Waals surface area contributed by atoms with Gasteiger partial charge in [0.2, 0.25) is 5.91 Å². The molecule has 4 nitrogen and oxygen atoms in total. The van der Waals surface area contributed by atoms with Gasteiger partial charge in [-0.15, -0.1) is 24.8 Å². The van der Waals surface area contributed by atoms with Crippen LogP contribution < -0.4 is 10.2 Å². The summed E-state index contributed by atoms with van der Waals surface area (Å²) >= 11 is 0. The van der Waals surface area contributed by atoms with E-state index in [0.717, 1.165) is 32.6 Å². The summed E-state index contributed by atoms with van der Waals surface area (Å²) in [6.45, 7) is 5.58. The lowest BCUT2D eigenvalue weighted by atomic mass is 10.1. The predicted octanol–water partition coefficient (Wildman–Crippen LogP) is 2.31. The van der Waals surface area contributed by atoms with E-state index in [1.807, 2.05) is 0 Å². The largest absolute Gasteiger partial charge is 0.372 e. The van der Waals surface area contributed by atoms with Crippen LogP contribution in [0.2, 0.25) is 0 Å². The van der Waals surface area contributed by atoms with Gasteiger partial charge < -0.3 is 15.1 Å². The highest BCUT2D eigenvalue weighted by Crippen LogP contribution is 2.27. The number of hydrogen-bond donors (Lipinski definition) is 1. The molecular formula is C16H25Cl2N3O. The van der Waals surface area contributed by atoms with Crippen molar-refractivity contribution in [3.05, 3.63) is 29.8 Å². The molecule has 0 bridgehead atoms. The fraction of sp³-hybridized carbons (Fsp3) is 0.562. The maximum atomic E-state index is 12.7. The fourth-order valence-electron chi connectivity index (χ4n) is 3.34. The molecule has 124 valence electrons. The van der Waals surface area contributed by atoms with E-state index in [1.165, 1.54) is 11.3 Å². The minimum absolute atomic E-state index is 0. The molecule has 0 spiro atoms. The topological polar surface area (TPSA) is 35.6 Å². The van der Waals surface area contributed by atoms with Crippen LogP contribution in [-0.4, -0.2) is 43.5 Å². The standard InChI is InChI=1S/C16H23N3O.2ClH/c1-12-10-18(2)15-6-4-3-5-14(15)11-19(12)16(20)13-7-8-17-9-13;;/h3-6,12-13,17H,7-11H2,1-2H3;2*1H. The van der Waals surface area contributed by atoms with Crippen LogP contribution in [0.15, 0.2) is 24.3 Å². The van der Waals surface area contributed by atoms with E-state index in [4.69, 9.17) is 0 Å². The van der Waals surface area contributed by atoms with Gasteiger partial charge in [-0.2, -0.15) is 0 Å². The molecular weight excluding hydrogens is 321 g/mol. The number of benzene rings is 1. The summed E-state index contributed by atoms with van der Waals surface area (Å²) in [5, 5.41) is 3.29. The molecule has 2 unspecified atom stereocenters. The Morgan fingerprint density at radius 2 is 2.00 bits per heavy atom. The summed E-state index contributed by atoms with van der Waals surface area (Å²) in [5.41, 5.74) is 2.50. The molecule has 0 aliphatic carbocycles. The molecule has 1 aromatic rings. The van der Waals surface area contributed by atoms with Gasteiger partial charge in [0.1, 0.15) is 0 Å². The van der Waals surface area contributed by atoms with Gasteiger partial charge >= 0.3 is 0 Å². The Balaban J connectivity index is 0.00000121. The number of halogens is 2. The average molecular weight is 346 g/mol. The van der Waals surface area contributed by atoms with Crippen LogP contribution in [0.1, 0.15) is 18.9 Å². The lowest BCUT2D eigenvalue weighted by Crippen LogP contribution is -2.45. The molecule has 0 saturated carbocycles. The van der Waals surface area contributed by atoms with Crippen molar-refractivity contribution in [2.75, 3.05) is 31.6 Å². The first-order valence-electron chi connectivity index (χ1n) is 7.47. The Labute approximate surface area is 145 Å². The third kappa shape index (κ3) is 3.67. The highest BCUT2D eigenvalue weighted by Gasteiger charge is 2.32. The summed E-state index contributed by atoms with van der Waals surface area (Å²) < 4.78 is 0. The number of nitrogens with zero attached hydrogens (tertiary/aromatic N) is 2. The van der Waals surface area contributed by atoms with Crippen LogP contribution >= 0.6 is 24.8 Å². The Bertz CT molecular complexity index is 506. The Kier molecular flexibility index (Phi) is 6.98. The summed E-state index contributed by atoms with van der Waals surface area (Å²) in [5.74, 6) is 0.473. The number of anilines is 1. The molecule has 22 heavy (non-hydrogen) atoms. The molecule has 1 N–H and O–H groups in total. The maximum Gasteiger partial charge on any atom is 0.227 e. The quantitative estimate of drug-likeness (QED) is 0.848. The number of para-hydroxylation sites is 1. The van der Waals surface area contributed by atoms with E-state index < -0.39 is 0 Å². The second-order valence-electron chi connectivity index (χ2n) is 6.01. The molecule has 1 saturated heterocycles. The Morgan fingerprint density at radius 1 is 1.27 bits per heavy atom. The van der Waals surface area contributed by atoms with Crippen molar-refractivity contribution in [1.29, 1.82) is 0 Å². The molecule has 2 aliphatic heterocycles. The Morgan fingerprint density at radius 3 is 2.68 bits per heavy atom. The van der Waals surface area contributed by atoms with Gasteiger partial charge in [0, 0.05) is 38.4 Å². The minimum atomic E-state index is 0. The number of rotatable bonds is 1. The van der Waals surface area contributed by atoms with Crippen LogP contribution in [0.4, 0.5) is 5.69 Å². The predicted molar refractivity (Wildman–Crippen MR) is 95.2 cm³/mol. The van der Waals surface area contributed by atoms with E-state index in [1.54, 1.807) is 0 Å². The number of carbonyl (C=O) groups is 1. The summed E-state index contributed by atoms with van der Waals surface area (Å²) in [7, 11) is 2.11. The number of carbonyl (C=O) groups excluding carboxylic acids is 1. The zero-order chi connectivity index (χ0) is 14.1. The third-order valence-electron chi connectivity index (χ3n) is 4.51. The zero-order valence-corrected chi connectivity index (χ0v) is 14.8. The summed E-state index contributed by atoms with van der Waals surface area (Å²) in [6.07, 6.45) is 0.972. The molecule has 2 aliphatic rings. The molecule has 1 amide bonds. The van der Waals surface area contributed by atoms with E-state index in [-0.39, 0.29) is 36.8 Å². The molecule has 2 heterocycles. The number of amides is 1. The highest BCUT2D eigenvalue weighted by molar-refractivity contribution is 5.85. The van der Waals surface area contributed by atoms with Crippen LogP contribution in [0.5, 0.6) is 0 Å². The van der Waals surface area contributed by atoms with Gasteiger partial charge in [0.15, 0.2) is 0 Å². The zero-order valence-electron chi connectivity index (χ0n) is 13.1. The first kappa shape index (κ1) is 19.1. The maximum absolute atomic E-state index is 12.7. The van der Waals surface area contributed by atoms with E-state index in [0.29, 0.717) is 5.91 Å². The normalized spacial score (nSPS) is 23.9. The van der Waals surface area contributed by atoms with Crippen LogP contribution in [0, 0.1) is 5.92 Å². The number of fused-ring (bicyclic) bond motifs is 1. The van der Waals surface area contributed by atoms with Crippen molar-refractivity contribution in [3.63, 3.8) is 0 Å². The number of likely N-dealkylation sites (N-methyl/N-ethyl adjacent to an activating group) is 1. The van der Waals surface area contributed by atoms with E-state index in [2.05, 4.69) is 53.4 Å². The number of hydrogen-bond acceptors (Lipinski definition) is 3. The van der Waals surface area contributed by atoms with E-state index >= 15 is 0 Å². The first-order chi connectivity index (χ1) is 9.66. The fourth-order valence-corrected chi connectivity index (χ4v) is 3.34. The van der Waals surface area contributed by atoms with Crippen LogP contribution in [-0.2, 0) is 11.3 Å². The van der Waals surface area contributed by atoms with Gasteiger partial charge in [-0.1, -0.05) is 18.2 Å². The van der Waals surface area contributed by atoms with Crippen molar-refractivity contribution in [2.45, 2.75) is 25.9 Å². The van der Waals surface area contributed by atoms with Gasteiger partial charge in [0.05, 0.1) is 5.92 Å². The smallest absolute Gasteiger partial charge is 0.227 e. The van der Waals surface area contributed by atoms with Gasteiger partial charge in [0.25, 0.3) is 0 Å². The van der Waals surface area contributed by atoms with Crippen molar-refractivity contribution in [1.82, 2.24) is 10.2 Å². The van der Waals surface area contributed by atoms with Gasteiger partial charge in [-0.3, -0.25) is 4.79 Å². The van der Waals surface area contributed by atoms with Crippen molar-refractivity contribution in [3.8, 4) is 0 Å². The van der Waals surface area contributed by atoms with E-state index in [9.17, 15) is 4.79 Å². The molecule has 1 fully saturated rings. The summed E-state index contributed by atoms with van der Waals surface area (Å²) in [4.78, 5) is 17.1. The van der Waals surface area contributed by atoms with Crippen molar-refractivity contribution < 1.29 is 4.79 Å². The van der Waals surface area contributed by atoms with Crippen LogP contribution in [0.3, 0.4) is 0 Å². The van der Waals surface area contributed by atoms with Gasteiger partial charge in [-0.05, 0) is 31.5 Å². The van der Waals surface area contributed by atoms with Crippen LogP contribution in [0.25, 0.3) is 0 Å². The molecule has 1 aromatic carbocycles.